The molecule has 5 nitrogen and oxygen atoms in total. The number of nitrogens with zero attached hydrogens (tertiary/aromatic N) is 1. The lowest BCUT2D eigenvalue weighted by Gasteiger charge is -2.45. The number of halogens is 1. The molecule has 0 N–H and O–H groups in total. The number of esters is 1. The summed E-state index contributed by atoms with van der Waals surface area (Å²) in [5.74, 6) is -0.336. The highest BCUT2D eigenvalue weighted by atomic mass is 79.9. The molecule has 0 saturated carbocycles. The van der Waals surface area contributed by atoms with Gasteiger partial charge in [0.25, 0.3) is 0 Å². The topological polar surface area (TPSA) is 63.7 Å². The van der Waals surface area contributed by atoms with Crippen molar-refractivity contribution in [2.45, 2.75) is 50.5 Å². The predicted molar refractivity (Wildman–Crippen MR) is 139 cm³/mol. The smallest absolute Gasteiger partial charge is 0.334 e. The van der Waals surface area contributed by atoms with E-state index in [4.69, 9.17) is 4.74 Å². The predicted octanol–water partition coefficient (Wildman–Crippen LogP) is 5.61. The van der Waals surface area contributed by atoms with Crippen molar-refractivity contribution < 1.29 is 17.9 Å². The van der Waals surface area contributed by atoms with Crippen LogP contribution in [0.5, 0.6) is 0 Å². The van der Waals surface area contributed by atoms with Crippen LogP contribution in [0.4, 0.5) is 0 Å². The van der Waals surface area contributed by atoms with Crippen LogP contribution in [0.3, 0.4) is 0 Å². The summed E-state index contributed by atoms with van der Waals surface area (Å²) in [6.45, 7) is 10.1. The molecule has 0 spiro atoms. The van der Waals surface area contributed by atoms with Crippen molar-refractivity contribution in [3.8, 4) is 0 Å². The van der Waals surface area contributed by atoms with Crippen LogP contribution in [0.2, 0.25) is 0 Å². The molecule has 1 unspecified atom stereocenters. The highest BCUT2D eigenvalue weighted by Gasteiger charge is 2.51. The molecule has 0 radical (unpaired) electrons. The standard InChI is InChI=1S/C28H28BrNO4S/c1-17-6-12-22(13-7-17)35(32,33)30-15-19-14-28(5,20-8-10-21(29)11-9-20)24-18(2)26(31)34-27(3,4)25(24)23(19)16-30/h6-14H,15-16H2,1-5H3. The normalized spacial score (nSPS) is 24.2. The zero-order valence-electron chi connectivity index (χ0n) is 20.5. The van der Waals surface area contributed by atoms with Crippen molar-refractivity contribution in [1.82, 2.24) is 4.31 Å². The minimum atomic E-state index is -3.69. The molecular weight excluding hydrogens is 526 g/mol. The maximum absolute atomic E-state index is 13.6. The third-order valence-electron chi connectivity index (χ3n) is 7.34. The summed E-state index contributed by atoms with van der Waals surface area (Å²) in [6.07, 6.45) is 2.15. The summed E-state index contributed by atoms with van der Waals surface area (Å²) < 4.78 is 35.5. The number of carbonyl (C=O) groups excluding carboxylic acids is 1. The number of hydrogen-bond acceptors (Lipinski definition) is 4. The highest BCUT2D eigenvalue weighted by molar-refractivity contribution is 9.10. The van der Waals surface area contributed by atoms with E-state index >= 15 is 0 Å². The molecule has 35 heavy (non-hydrogen) atoms. The minimum absolute atomic E-state index is 0.242. The van der Waals surface area contributed by atoms with E-state index in [1.807, 2.05) is 57.2 Å². The maximum Gasteiger partial charge on any atom is 0.334 e. The van der Waals surface area contributed by atoms with Crippen LogP contribution in [-0.4, -0.2) is 37.4 Å². The van der Waals surface area contributed by atoms with Gasteiger partial charge in [0.05, 0.1) is 4.90 Å². The van der Waals surface area contributed by atoms with Gasteiger partial charge in [0.2, 0.25) is 10.0 Å². The molecule has 2 heterocycles. The van der Waals surface area contributed by atoms with Gasteiger partial charge in [-0.1, -0.05) is 51.8 Å². The van der Waals surface area contributed by atoms with Gasteiger partial charge in [0, 0.05) is 34.1 Å². The Morgan fingerprint density at radius 2 is 1.54 bits per heavy atom. The Labute approximate surface area is 215 Å². The fraction of sp³-hybridized carbons (Fsp3) is 0.321. The summed E-state index contributed by atoms with van der Waals surface area (Å²) >= 11 is 3.51. The first-order valence-corrected chi connectivity index (χ1v) is 13.8. The summed E-state index contributed by atoms with van der Waals surface area (Å²) in [5, 5.41) is 0. The van der Waals surface area contributed by atoms with Gasteiger partial charge < -0.3 is 4.74 Å². The van der Waals surface area contributed by atoms with Crippen molar-refractivity contribution in [2.24, 2.45) is 0 Å². The van der Waals surface area contributed by atoms with E-state index in [-0.39, 0.29) is 24.0 Å². The molecule has 7 heteroatoms. The zero-order valence-corrected chi connectivity index (χ0v) is 22.9. The quantitative estimate of drug-likeness (QED) is 0.463. The number of aryl methyl sites for hydroxylation is 1. The molecule has 1 fully saturated rings. The molecule has 2 aromatic rings. The Hall–Kier alpha value is -2.48. The van der Waals surface area contributed by atoms with Crippen LogP contribution in [0.15, 0.2) is 91.8 Å². The Morgan fingerprint density at radius 3 is 2.17 bits per heavy atom. The molecule has 1 atom stereocenters. The first-order chi connectivity index (χ1) is 16.3. The summed E-state index contributed by atoms with van der Waals surface area (Å²) in [6, 6.07) is 15.0. The molecule has 0 amide bonds. The second-order valence-corrected chi connectivity index (χ2v) is 13.1. The number of carbonyl (C=O) groups is 1. The monoisotopic (exact) mass is 553 g/mol. The van der Waals surface area contributed by atoms with E-state index in [0.717, 1.165) is 37.9 Å². The Kier molecular flexibility index (Phi) is 5.55. The zero-order chi connectivity index (χ0) is 25.3. The first-order valence-electron chi connectivity index (χ1n) is 11.6. The van der Waals surface area contributed by atoms with E-state index in [1.165, 1.54) is 4.31 Å². The third kappa shape index (κ3) is 3.76. The van der Waals surface area contributed by atoms with Gasteiger partial charge in [-0.05, 0) is 81.2 Å². The van der Waals surface area contributed by atoms with Crippen LogP contribution < -0.4 is 0 Å². The number of cyclic esters (lactones) is 1. The average Bonchev–Trinajstić information content (AvgIpc) is 3.21. The lowest BCUT2D eigenvalue weighted by molar-refractivity contribution is -0.149. The number of hydrogen-bond donors (Lipinski definition) is 0. The van der Waals surface area contributed by atoms with Crippen molar-refractivity contribution >= 4 is 31.9 Å². The molecule has 0 aromatic heterocycles. The Morgan fingerprint density at radius 1 is 0.914 bits per heavy atom. The van der Waals surface area contributed by atoms with Crippen LogP contribution in [-0.2, 0) is 25.0 Å². The third-order valence-corrected chi connectivity index (χ3v) is 9.67. The minimum Gasteiger partial charge on any atom is -0.451 e. The fourth-order valence-corrected chi connectivity index (χ4v) is 7.23. The summed E-state index contributed by atoms with van der Waals surface area (Å²) in [4.78, 5) is 13.2. The lowest BCUT2D eigenvalue weighted by atomic mass is 9.62. The van der Waals surface area contributed by atoms with E-state index in [0.29, 0.717) is 5.57 Å². The Balaban J connectivity index is 1.72. The second-order valence-electron chi connectivity index (χ2n) is 10.2. The molecule has 5 rings (SSSR count). The molecule has 0 bridgehead atoms. The number of rotatable bonds is 3. The Bertz CT molecular complexity index is 1450. The van der Waals surface area contributed by atoms with E-state index in [9.17, 15) is 13.2 Å². The number of benzene rings is 2. The molecule has 1 aliphatic carbocycles. The van der Waals surface area contributed by atoms with Crippen molar-refractivity contribution in [3.63, 3.8) is 0 Å². The number of ether oxygens (including phenoxy) is 1. The van der Waals surface area contributed by atoms with Crippen molar-refractivity contribution in [3.05, 3.63) is 98.1 Å². The van der Waals surface area contributed by atoms with Crippen LogP contribution >= 0.6 is 15.9 Å². The summed E-state index contributed by atoms with van der Waals surface area (Å²) in [7, 11) is -3.69. The fourth-order valence-electron chi connectivity index (χ4n) is 5.58. The largest absolute Gasteiger partial charge is 0.451 e. The first kappa shape index (κ1) is 24.2. The lowest BCUT2D eigenvalue weighted by Crippen LogP contribution is -2.44. The van der Waals surface area contributed by atoms with E-state index < -0.39 is 21.0 Å². The van der Waals surface area contributed by atoms with E-state index in [1.54, 1.807) is 19.1 Å². The summed E-state index contributed by atoms with van der Waals surface area (Å²) in [5.41, 5.74) is 4.82. The number of allylic oxidation sites excluding steroid dienone is 1. The molecule has 2 aliphatic heterocycles. The van der Waals surface area contributed by atoms with Gasteiger partial charge in [0.15, 0.2) is 0 Å². The number of sulfonamides is 1. The van der Waals surface area contributed by atoms with Gasteiger partial charge in [-0.15, -0.1) is 0 Å². The van der Waals surface area contributed by atoms with Crippen LogP contribution in [0.25, 0.3) is 0 Å². The SMILES string of the molecule is CC1=C2C(=C3CN(S(=O)(=O)c4ccc(C)cc4)CC3=CC2(C)c2ccc(Br)cc2)C(C)(C)OC1=O. The molecule has 2 aromatic carbocycles. The van der Waals surface area contributed by atoms with Gasteiger partial charge in [-0.2, -0.15) is 4.31 Å². The maximum atomic E-state index is 13.6. The second kappa shape index (κ2) is 8.02. The molecule has 1 saturated heterocycles. The van der Waals surface area contributed by atoms with Crippen LogP contribution in [0, 0.1) is 6.92 Å². The van der Waals surface area contributed by atoms with Gasteiger partial charge in [-0.3, -0.25) is 0 Å². The van der Waals surface area contributed by atoms with Crippen molar-refractivity contribution in [1.29, 1.82) is 0 Å². The average molecular weight is 555 g/mol. The number of fused-ring (bicyclic) bond motifs is 2. The van der Waals surface area contributed by atoms with Crippen LogP contribution in [0.1, 0.15) is 38.8 Å². The van der Waals surface area contributed by atoms with Gasteiger partial charge in [0.1, 0.15) is 5.60 Å². The van der Waals surface area contributed by atoms with Crippen molar-refractivity contribution in [2.75, 3.05) is 13.1 Å². The van der Waals surface area contributed by atoms with Gasteiger partial charge >= 0.3 is 5.97 Å². The molecule has 3 aliphatic rings. The molecule has 182 valence electrons. The van der Waals surface area contributed by atoms with Gasteiger partial charge in [-0.25, -0.2) is 13.2 Å². The van der Waals surface area contributed by atoms with E-state index in [2.05, 4.69) is 28.9 Å². The molecular formula is C28H28BrNO4S. The highest BCUT2D eigenvalue weighted by Crippen LogP contribution is 2.53.